The van der Waals surface area contributed by atoms with E-state index in [1.165, 1.54) is 18.1 Å². The predicted octanol–water partition coefficient (Wildman–Crippen LogP) is 2.13. The number of hydrogen-bond donors (Lipinski definition) is 2. The Labute approximate surface area is 163 Å². The number of pyridine rings is 1. The quantitative estimate of drug-likeness (QED) is 0.524. The Morgan fingerprint density at radius 2 is 2.11 bits per heavy atom. The largest absolute Gasteiger partial charge is 0.479 e. The zero-order valence-electron chi connectivity index (χ0n) is 14.9. The van der Waals surface area contributed by atoms with Crippen LogP contribution in [0, 0.1) is 0 Å². The van der Waals surface area contributed by atoms with Crippen LogP contribution >= 0.6 is 11.6 Å². The predicted molar refractivity (Wildman–Crippen MR) is 103 cm³/mol. The van der Waals surface area contributed by atoms with Crippen molar-refractivity contribution in [2.24, 2.45) is 0 Å². The van der Waals surface area contributed by atoms with E-state index in [9.17, 15) is 4.79 Å². The second-order valence-electron chi connectivity index (χ2n) is 5.96. The van der Waals surface area contributed by atoms with Crippen LogP contribution in [0.4, 0.5) is 5.82 Å². The van der Waals surface area contributed by atoms with Crippen molar-refractivity contribution in [2.75, 3.05) is 12.4 Å². The summed E-state index contributed by atoms with van der Waals surface area (Å²) in [7, 11) is 1.50. The number of aromatic amines is 1. The number of nitrogens with one attached hydrogen (secondary N) is 2. The second-order valence-corrected chi connectivity index (χ2v) is 6.39. The van der Waals surface area contributed by atoms with E-state index >= 15 is 0 Å². The highest BCUT2D eigenvalue weighted by Gasteiger charge is 2.16. The summed E-state index contributed by atoms with van der Waals surface area (Å²) in [5.41, 5.74) is 1.85. The van der Waals surface area contributed by atoms with Crippen LogP contribution in [0.2, 0.25) is 5.02 Å². The number of rotatable bonds is 5. The summed E-state index contributed by atoms with van der Waals surface area (Å²) < 4.78 is 6.77. The van der Waals surface area contributed by atoms with Crippen LogP contribution in [0.3, 0.4) is 0 Å². The number of tetrazole rings is 1. The Kier molecular flexibility index (Phi) is 4.62. The molecule has 3 heterocycles. The van der Waals surface area contributed by atoms with Crippen molar-refractivity contribution in [1.29, 1.82) is 0 Å². The van der Waals surface area contributed by atoms with Crippen molar-refractivity contribution < 1.29 is 4.74 Å². The minimum Gasteiger partial charge on any atom is -0.479 e. The van der Waals surface area contributed by atoms with Gasteiger partial charge in [-0.1, -0.05) is 11.6 Å². The molecule has 11 heteroatoms. The number of ether oxygens (including phenoxy) is 1. The summed E-state index contributed by atoms with van der Waals surface area (Å²) in [6.45, 7) is 1.82. The van der Waals surface area contributed by atoms with E-state index in [0.717, 1.165) is 0 Å². The van der Waals surface area contributed by atoms with Crippen LogP contribution in [-0.4, -0.2) is 42.3 Å². The third kappa shape index (κ3) is 3.37. The van der Waals surface area contributed by atoms with Gasteiger partial charge < -0.3 is 15.0 Å². The Morgan fingerprint density at radius 3 is 2.86 bits per heavy atom. The monoisotopic (exact) mass is 398 g/mol. The molecule has 4 rings (SSSR count). The first kappa shape index (κ1) is 17.9. The molecule has 0 saturated carbocycles. The first-order valence-corrected chi connectivity index (χ1v) is 8.67. The van der Waals surface area contributed by atoms with E-state index in [4.69, 9.17) is 16.3 Å². The van der Waals surface area contributed by atoms with Gasteiger partial charge in [-0.25, -0.2) is 4.98 Å². The molecule has 0 fully saturated rings. The average Bonchev–Trinajstić information content (AvgIpc) is 3.22. The molecule has 4 aromatic rings. The summed E-state index contributed by atoms with van der Waals surface area (Å²) in [4.78, 5) is 24.1. The molecule has 0 bridgehead atoms. The number of fused-ring (bicyclic) bond motifs is 1. The fraction of sp³-hybridized carbons (Fsp3) is 0.176. The third-order valence-corrected chi connectivity index (χ3v) is 4.32. The topological polar surface area (TPSA) is 124 Å². The van der Waals surface area contributed by atoms with Crippen molar-refractivity contribution in [3.05, 3.63) is 57.7 Å². The number of halogens is 1. The number of anilines is 1. The molecule has 0 aliphatic carbocycles. The van der Waals surface area contributed by atoms with Gasteiger partial charge in [0.1, 0.15) is 23.5 Å². The van der Waals surface area contributed by atoms with Crippen LogP contribution < -0.4 is 15.6 Å². The molecule has 0 aliphatic heterocycles. The Morgan fingerprint density at radius 1 is 1.25 bits per heavy atom. The van der Waals surface area contributed by atoms with Gasteiger partial charge in [0.2, 0.25) is 5.88 Å². The van der Waals surface area contributed by atoms with Crippen molar-refractivity contribution >= 4 is 28.5 Å². The van der Waals surface area contributed by atoms with Crippen LogP contribution in [0.15, 0.2) is 41.5 Å². The van der Waals surface area contributed by atoms with Crippen LogP contribution in [0.25, 0.3) is 16.7 Å². The van der Waals surface area contributed by atoms with Gasteiger partial charge in [-0.3, -0.25) is 4.79 Å². The van der Waals surface area contributed by atoms with Crippen molar-refractivity contribution in [3.8, 4) is 11.6 Å². The molecule has 2 N–H and O–H groups in total. The van der Waals surface area contributed by atoms with E-state index in [2.05, 4.69) is 35.8 Å². The maximum absolute atomic E-state index is 12.4. The van der Waals surface area contributed by atoms with Gasteiger partial charge >= 0.3 is 0 Å². The molecule has 1 atom stereocenters. The van der Waals surface area contributed by atoms with Gasteiger partial charge in [0.25, 0.3) is 5.56 Å². The van der Waals surface area contributed by atoms with Crippen LogP contribution in [-0.2, 0) is 0 Å². The number of methoxy groups -OCH3 is 1. The van der Waals surface area contributed by atoms with Gasteiger partial charge in [-0.05, 0) is 47.7 Å². The Hall–Kier alpha value is -3.53. The molecular weight excluding hydrogens is 384 g/mol. The first-order valence-electron chi connectivity index (χ1n) is 8.29. The molecule has 0 radical (unpaired) electrons. The van der Waals surface area contributed by atoms with Crippen LogP contribution in [0.1, 0.15) is 18.7 Å². The molecular formula is C17H15ClN8O2. The van der Waals surface area contributed by atoms with Crippen molar-refractivity contribution in [1.82, 2.24) is 35.2 Å². The second kappa shape index (κ2) is 7.24. The lowest BCUT2D eigenvalue weighted by atomic mass is 10.2. The summed E-state index contributed by atoms with van der Waals surface area (Å²) in [6.07, 6.45) is 1.44. The van der Waals surface area contributed by atoms with E-state index in [1.54, 1.807) is 30.3 Å². The van der Waals surface area contributed by atoms with Gasteiger partial charge in [0.05, 0.1) is 24.2 Å². The van der Waals surface area contributed by atoms with E-state index in [0.29, 0.717) is 39.1 Å². The molecule has 1 aromatic carbocycles. The van der Waals surface area contributed by atoms with Gasteiger partial charge in [-0.15, -0.1) is 5.10 Å². The van der Waals surface area contributed by atoms with Gasteiger partial charge in [0, 0.05) is 5.02 Å². The minimum absolute atomic E-state index is 0.285. The zero-order chi connectivity index (χ0) is 19.7. The van der Waals surface area contributed by atoms with Crippen molar-refractivity contribution in [3.63, 3.8) is 0 Å². The summed E-state index contributed by atoms with van der Waals surface area (Å²) in [6, 6.07) is 8.20. The molecule has 0 spiro atoms. The summed E-state index contributed by atoms with van der Waals surface area (Å²) >= 11 is 6.02. The molecule has 0 unspecified atom stereocenters. The number of aromatic nitrogens is 7. The Balaban J connectivity index is 1.65. The highest BCUT2D eigenvalue weighted by atomic mass is 35.5. The van der Waals surface area contributed by atoms with Crippen molar-refractivity contribution in [2.45, 2.75) is 13.0 Å². The van der Waals surface area contributed by atoms with Gasteiger partial charge in [0.15, 0.2) is 0 Å². The highest BCUT2D eigenvalue weighted by Crippen LogP contribution is 2.24. The number of benzene rings is 1. The molecule has 0 aliphatic rings. The lowest BCUT2D eigenvalue weighted by molar-refractivity contribution is 0.395. The Bertz CT molecular complexity index is 1190. The molecule has 28 heavy (non-hydrogen) atoms. The average molecular weight is 399 g/mol. The number of nitrogens with zero attached hydrogens (tertiary/aromatic N) is 6. The van der Waals surface area contributed by atoms with E-state index < -0.39 is 6.04 Å². The summed E-state index contributed by atoms with van der Waals surface area (Å²) in [5.74, 6) is 0.838. The molecule has 0 amide bonds. The first-order chi connectivity index (χ1) is 13.5. The number of hydrogen-bond acceptors (Lipinski definition) is 8. The number of H-pyrrole nitrogens is 1. The smallest absolute Gasteiger partial charge is 0.272 e. The fourth-order valence-corrected chi connectivity index (χ4v) is 2.93. The fourth-order valence-electron chi connectivity index (χ4n) is 2.76. The zero-order valence-corrected chi connectivity index (χ0v) is 15.7. The molecule has 0 saturated heterocycles. The van der Waals surface area contributed by atoms with E-state index in [1.807, 2.05) is 6.92 Å². The van der Waals surface area contributed by atoms with Gasteiger partial charge in [-0.2, -0.15) is 9.67 Å². The minimum atomic E-state index is -0.414. The lowest BCUT2D eigenvalue weighted by Crippen LogP contribution is -2.22. The lowest BCUT2D eigenvalue weighted by Gasteiger charge is -2.15. The maximum Gasteiger partial charge on any atom is 0.272 e. The standard InChI is InChI=1S/C17H15ClN8O2/c1-9(15-16(27)22-11-4-3-10(18)7-12(11)21-15)20-14-6-5-13(17(23-14)28-2)26-8-19-24-25-26/h3-9H,1-2H3,(H,20,23)(H,22,27)/t9-/m0/s1. The molecule has 142 valence electrons. The molecule has 3 aromatic heterocycles. The summed E-state index contributed by atoms with van der Waals surface area (Å²) in [5, 5.41) is 14.7. The highest BCUT2D eigenvalue weighted by molar-refractivity contribution is 6.31. The normalized spacial score (nSPS) is 12.1. The van der Waals surface area contributed by atoms with Crippen LogP contribution in [0.5, 0.6) is 5.88 Å². The maximum atomic E-state index is 12.4. The SMILES string of the molecule is COc1nc(N[C@@H](C)c2nc3cc(Cl)ccc3[nH]c2=O)ccc1-n1cnnn1. The third-order valence-electron chi connectivity index (χ3n) is 4.09. The molecule has 10 nitrogen and oxygen atoms in total. The van der Waals surface area contributed by atoms with E-state index in [-0.39, 0.29) is 5.56 Å².